The quantitative estimate of drug-likeness (QED) is 0.839. The van der Waals surface area contributed by atoms with Gasteiger partial charge < -0.3 is 15.0 Å². The van der Waals surface area contributed by atoms with Gasteiger partial charge in [-0.05, 0) is 13.0 Å². The maximum Gasteiger partial charge on any atom is 0.344 e. The molecule has 0 aliphatic heterocycles. The lowest BCUT2D eigenvalue weighted by Gasteiger charge is -2.16. The van der Waals surface area contributed by atoms with Crippen LogP contribution in [0.4, 0.5) is 0 Å². The van der Waals surface area contributed by atoms with Crippen molar-refractivity contribution >= 4 is 22.8 Å². The van der Waals surface area contributed by atoms with Crippen LogP contribution in [0.1, 0.15) is 28.8 Å². The molecule has 2 rings (SSSR count). The summed E-state index contributed by atoms with van der Waals surface area (Å²) in [5.74, 6) is -3.24. The van der Waals surface area contributed by atoms with E-state index in [0.29, 0.717) is 10.9 Å². The average molecular weight is 313 g/mol. The van der Waals surface area contributed by atoms with Crippen LogP contribution in [0.3, 0.4) is 0 Å². The monoisotopic (exact) mass is 313 g/mol. The Hall–Kier alpha value is -3.14. The van der Waals surface area contributed by atoms with Crippen molar-refractivity contribution < 1.29 is 14.3 Å². The predicted octanol–water partition coefficient (Wildman–Crippen LogP) is 0.808. The van der Waals surface area contributed by atoms with Gasteiger partial charge in [0.25, 0.3) is 5.56 Å². The molecular weight excluding hydrogens is 298 g/mol. The number of nitriles is 1. The summed E-state index contributed by atoms with van der Waals surface area (Å²) in [5.41, 5.74) is 4.79. The molecule has 1 amide bonds. The lowest BCUT2D eigenvalue weighted by molar-refractivity contribution is -0.118. The highest BCUT2D eigenvalue weighted by molar-refractivity contribution is 6.02. The molecule has 23 heavy (non-hydrogen) atoms. The minimum Gasteiger partial charge on any atom is -0.462 e. The Bertz CT molecular complexity index is 893. The maximum absolute atomic E-state index is 12.6. The molecule has 1 heterocycles. The number of primary amides is 1. The fourth-order valence-corrected chi connectivity index (χ4v) is 2.49. The van der Waals surface area contributed by atoms with E-state index < -0.39 is 23.4 Å². The third kappa shape index (κ3) is 2.66. The zero-order chi connectivity index (χ0) is 17.1. The third-order valence-electron chi connectivity index (χ3n) is 3.53. The number of nitrogens with zero attached hydrogens (tertiary/aromatic N) is 2. The Kier molecular flexibility index (Phi) is 4.46. The number of fused-ring (bicyclic) bond motifs is 1. The Morgan fingerprint density at radius 2 is 2.04 bits per heavy atom. The molecule has 0 saturated carbocycles. The number of aromatic nitrogens is 1. The SMILES string of the molecule is CCOC(=O)c1c(C(C#N)C(N)=O)c2ccccc2n(C)c1=O. The van der Waals surface area contributed by atoms with Gasteiger partial charge >= 0.3 is 5.97 Å². The van der Waals surface area contributed by atoms with E-state index in [1.807, 2.05) is 0 Å². The molecule has 0 saturated heterocycles. The van der Waals surface area contributed by atoms with Gasteiger partial charge in [0, 0.05) is 18.0 Å². The molecule has 1 aromatic heterocycles. The molecule has 118 valence electrons. The van der Waals surface area contributed by atoms with Gasteiger partial charge in [-0.15, -0.1) is 0 Å². The van der Waals surface area contributed by atoms with E-state index >= 15 is 0 Å². The van der Waals surface area contributed by atoms with Crippen molar-refractivity contribution in [3.63, 3.8) is 0 Å². The Morgan fingerprint density at radius 1 is 1.39 bits per heavy atom. The number of amides is 1. The first kappa shape index (κ1) is 16.2. The number of benzene rings is 1. The number of rotatable bonds is 4. The lowest BCUT2D eigenvalue weighted by Crippen LogP contribution is -2.31. The number of carbonyl (C=O) groups is 2. The largest absolute Gasteiger partial charge is 0.462 e. The molecule has 0 radical (unpaired) electrons. The summed E-state index contributed by atoms with van der Waals surface area (Å²) in [7, 11) is 1.50. The number of aryl methyl sites for hydroxylation is 1. The second-order valence-corrected chi connectivity index (χ2v) is 4.85. The van der Waals surface area contributed by atoms with Gasteiger partial charge in [-0.2, -0.15) is 5.26 Å². The molecule has 0 bridgehead atoms. The highest BCUT2D eigenvalue weighted by Crippen LogP contribution is 2.27. The van der Waals surface area contributed by atoms with Crippen LogP contribution < -0.4 is 11.3 Å². The molecule has 1 unspecified atom stereocenters. The molecule has 1 atom stereocenters. The summed E-state index contributed by atoms with van der Waals surface area (Å²) in [6, 6.07) is 8.44. The van der Waals surface area contributed by atoms with Gasteiger partial charge in [0.2, 0.25) is 5.91 Å². The van der Waals surface area contributed by atoms with Gasteiger partial charge in [0.15, 0.2) is 5.92 Å². The molecule has 0 spiro atoms. The molecule has 2 aromatic rings. The van der Waals surface area contributed by atoms with Crippen molar-refractivity contribution in [2.24, 2.45) is 12.8 Å². The number of hydrogen-bond acceptors (Lipinski definition) is 5. The van der Waals surface area contributed by atoms with E-state index in [2.05, 4.69) is 0 Å². The van der Waals surface area contributed by atoms with Crippen molar-refractivity contribution in [1.82, 2.24) is 4.57 Å². The van der Waals surface area contributed by atoms with Gasteiger partial charge in [-0.1, -0.05) is 18.2 Å². The van der Waals surface area contributed by atoms with E-state index in [9.17, 15) is 19.6 Å². The fourth-order valence-electron chi connectivity index (χ4n) is 2.49. The summed E-state index contributed by atoms with van der Waals surface area (Å²) in [5, 5.41) is 9.73. The van der Waals surface area contributed by atoms with Crippen LogP contribution in [0.5, 0.6) is 0 Å². The first-order valence-electron chi connectivity index (χ1n) is 6.91. The molecule has 0 fully saturated rings. The van der Waals surface area contributed by atoms with Crippen molar-refractivity contribution in [3.05, 3.63) is 45.7 Å². The summed E-state index contributed by atoms with van der Waals surface area (Å²) in [4.78, 5) is 36.4. The Balaban J connectivity index is 3.01. The van der Waals surface area contributed by atoms with Crippen molar-refractivity contribution in [3.8, 4) is 6.07 Å². The van der Waals surface area contributed by atoms with Gasteiger partial charge in [-0.25, -0.2) is 4.79 Å². The molecule has 7 nitrogen and oxygen atoms in total. The minimum absolute atomic E-state index is 0.00264. The predicted molar refractivity (Wildman–Crippen MR) is 82.7 cm³/mol. The van der Waals surface area contributed by atoms with Crippen LogP contribution in [0, 0.1) is 11.3 Å². The second kappa shape index (κ2) is 6.32. The molecule has 0 aliphatic rings. The van der Waals surface area contributed by atoms with Crippen LogP contribution in [-0.4, -0.2) is 23.1 Å². The molecule has 2 N–H and O–H groups in total. The number of carbonyl (C=O) groups excluding carboxylic acids is 2. The summed E-state index contributed by atoms with van der Waals surface area (Å²) < 4.78 is 6.19. The van der Waals surface area contributed by atoms with Crippen LogP contribution >= 0.6 is 0 Å². The van der Waals surface area contributed by atoms with E-state index in [0.717, 1.165) is 0 Å². The van der Waals surface area contributed by atoms with Crippen molar-refractivity contribution in [1.29, 1.82) is 5.26 Å². The van der Waals surface area contributed by atoms with E-state index in [1.54, 1.807) is 37.3 Å². The summed E-state index contributed by atoms with van der Waals surface area (Å²) in [6.45, 7) is 1.65. The third-order valence-corrected chi connectivity index (χ3v) is 3.53. The van der Waals surface area contributed by atoms with E-state index in [1.165, 1.54) is 11.6 Å². The molecular formula is C16H15N3O4. The zero-order valence-electron chi connectivity index (χ0n) is 12.7. The minimum atomic E-state index is -1.42. The lowest BCUT2D eigenvalue weighted by atomic mass is 9.91. The summed E-state index contributed by atoms with van der Waals surface area (Å²) >= 11 is 0. The molecule has 7 heteroatoms. The first-order chi connectivity index (χ1) is 10.9. The highest BCUT2D eigenvalue weighted by atomic mass is 16.5. The smallest absolute Gasteiger partial charge is 0.344 e. The topological polar surface area (TPSA) is 115 Å². The molecule has 1 aromatic carbocycles. The number of nitrogens with two attached hydrogens (primary N) is 1. The second-order valence-electron chi connectivity index (χ2n) is 4.85. The standard InChI is InChI=1S/C16H15N3O4/c1-3-23-16(22)13-12(10(8-17)14(18)20)9-6-4-5-7-11(9)19(2)15(13)21/h4-7,10H,3H2,1-2H3,(H2,18,20). The number of ether oxygens (including phenoxy) is 1. The number of hydrogen-bond donors (Lipinski definition) is 1. The van der Waals surface area contributed by atoms with Crippen molar-refractivity contribution in [2.45, 2.75) is 12.8 Å². The maximum atomic E-state index is 12.6. The van der Waals surface area contributed by atoms with Gasteiger partial charge in [0.05, 0.1) is 18.2 Å². The Morgan fingerprint density at radius 3 is 2.61 bits per heavy atom. The normalized spacial score (nSPS) is 11.7. The van der Waals surface area contributed by atoms with E-state index in [4.69, 9.17) is 10.5 Å². The number of pyridine rings is 1. The molecule has 0 aliphatic carbocycles. The fraction of sp³-hybridized carbons (Fsp3) is 0.250. The van der Waals surface area contributed by atoms with Crippen LogP contribution in [0.15, 0.2) is 29.1 Å². The van der Waals surface area contributed by atoms with Gasteiger partial charge in [0.1, 0.15) is 5.56 Å². The highest BCUT2D eigenvalue weighted by Gasteiger charge is 2.30. The zero-order valence-corrected chi connectivity index (χ0v) is 12.7. The summed E-state index contributed by atoms with van der Waals surface area (Å²) in [6.07, 6.45) is 0. The Labute approximate surface area is 131 Å². The van der Waals surface area contributed by atoms with Crippen molar-refractivity contribution in [2.75, 3.05) is 6.61 Å². The first-order valence-corrected chi connectivity index (χ1v) is 6.91. The van der Waals surface area contributed by atoms with E-state index in [-0.39, 0.29) is 17.7 Å². The van der Waals surface area contributed by atoms with Crippen LogP contribution in [0.25, 0.3) is 10.9 Å². The number of esters is 1. The number of para-hydroxylation sites is 1. The van der Waals surface area contributed by atoms with Gasteiger partial charge in [-0.3, -0.25) is 9.59 Å². The average Bonchev–Trinajstić information content (AvgIpc) is 2.52. The van der Waals surface area contributed by atoms with Crippen LogP contribution in [0.2, 0.25) is 0 Å². The van der Waals surface area contributed by atoms with Crippen LogP contribution in [-0.2, 0) is 16.6 Å².